The van der Waals surface area contributed by atoms with E-state index in [-0.39, 0.29) is 0 Å². The summed E-state index contributed by atoms with van der Waals surface area (Å²) in [7, 11) is 0. The number of rotatable bonds is 1. The molecule has 3 nitrogen and oxygen atoms in total. The predicted molar refractivity (Wildman–Crippen MR) is 71.6 cm³/mol. The summed E-state index contributed by atoms with van der Waals surface area (Å²) >= 11 is 3.41. The highest BCUT2D eigenvalue weighted by Gasteiger charge is 2.10. The van der Waals surface area contributed by atoms with Crippen molar-refractivity contribution in [3.63, 3.8) is 0 Å². The van der Waals surface area contributed by atoms with Crippen molar-refractivity contribution in [1.82, 2.24) is 5.16 Å². The second-order valence-corrected chi connectivity index (χ2v) is 4.71. The molecule has 0 aliphatic carbocycles. The van der Waals surface area contributed by atoms with E-state index in [0.29, 0.717) is 5.69 Å². The van der Waals surface area contributed by atoms with E-state index in [1.165, 1.54) is 0 Å². The van der Waals surface area contributed by atoms with Crippen LogP contribution in [0.15, 0.2) is 51.5 Å². The fraction of sp³-hybridized carbons (Fsp3) is 0. The Morgan fingerprint density at radius 3 is 2.82 bits per heavy atom. The Hall–Kier alpha value is -1.81. The maximum atomic E-state index is 5.76. The van der Waals surface area contributed by atoms with Gasteiger partial charge in [0.05, 0.1) is 0 Å². The van der Waals surface area contributed by atoms with Crippen molar-refractivity contribution in [2.45, 2.75) is 0 Å². The SMILES string of the molecule is Nc1cccc(-c2onc3cc(Br)ccc23)c1. The summed E-state index contributed by atoms with van der Waals surface area (Å²) < 4.78 is 6.37. The lowest BCUT2D eigenvalue weighted by atomic mass is 10.1. The summed E-state index contributed by atoms with van der Waals surface area (Å²) in [5.74, 6) is 0.750. The largest absolute Gasteiger partial charge is 0.399 e. The van der Waals surface area contributed by atoms with Crippen molar-refractivity contribution in [3.05, 3.63) is 46.9 Å². The van der Waals surface area contributed by atoms with Crippen LogP contribution in [-0.4, -0.2) is 5.16 Å². The van der Waals surface area contributed by atoms with Crippen LogP contribution in [0.25, 0.3) is 22.2 Å². The van der Waals surface area contributed by atoms with Gasteiger partial charge in [0.1, 0.15) is 5.52 Å². The molecule has 0 aliphatic rings. The Balaban J connectivity index is 2.24. The number of benzene rings is 2. The van der Waals surface area contributed by atoms with E-state index in [0.717, 1.165) is 26.7 Å². The van der Waals surface area contributed by atoms with Gasteiger partial charge < -0.3 is 10.3 Å². The fourth-order valence-corrected chi connectivity index (χ4v) is 2.15. The molecule has 17 heavy (non-hydrogen) atoms. The third-order valence-electron chi connectivity index (χ3n) is 2.59. The first-order valence-electron chi connectivity index (χ1n) is 5.15. The second-order valence-electron chi connectivity index (χ2n) is 3.80. The van der Waals surface area contributed by atoms with Crippen molar-refractivity contribution in [1.29, 1.82) is 0 Å². The molecule has 2 N–H and O–H groups in total. The second kappa shape index (κ2) is 3.89. The molecule has 0 spiro atoms. The van der Waals surface area contributed by atoms with Crippen LogP contribution in [0.4, 0.5) is 5.69 Å². The van der Waals surface area contributed by atoms with E-state index in [1.807, 2.05) is 42.5 Å². The summed E-state index contributed by atoms with van der Waals surface area (Å²) in [4.78, 5) is 0. The van der Waals surface area contributed by atoms with Crippen molar-refractivity contribution < 1.29 is 4.52 Å². The van der Waals surface area contributed by atoms with Crippen LogP contribution in [0.5, 0.6) is 0 Å². The molecule has 1 aromatic heterocycles. The molecule has 0 saturated carbocycles. The zero-order chi connectivity index (χ0) is 11.8. The highest BCUT2D eigenvalue weighted by Crippen LogP contribution is 2.30. The number of nitrogen functional groups attached to an aromatic ring is 1. The number of anilines is 1. The van der Waals surface area contributed by atoms with Crippen molar-refractivity contribution in [2.24, 2.45) is 0 Å². The van der Waals surface area contributed by atoms with Crippen LogP contribution in [0.1, 0.15) is 0 Å². The van der Waals surface area contributed by atoms with Gasteiger partial charge in [0.2, 0.25) is 0 Å². The van der Waals surface area contributed by atoms with Crippen LogP contribution >= 0.6 is 15.9 Å². The van der Waals surface area contributed by atoms with Crippen molar-refractivity contribution in [3.8, 4) is 11.3 Å². The molecule has 0 atom stereocenters. The van der Waals surface area contributed by atoms with Gasteiger partial charge in [-0.3, -0.25) is 0 Å². The third-order valence-corrected chi connectivity index (χ3v) is 3.08. The first-order chi connectivity index (χ1) is 8.24. The third kappa shape index (κ3) is 1.80. The summed E-state index contributed by atoms with van der Waals surface area (Å²) in [6.07, 6.45) is 0. The molecule has 0 saturated heterocycles. The van der Waals surface area contributed by atoms with E-state index < -0.39 is 0 Å². The van der Waals surface area contributed by atoms with Crippen LogP contribution in [0, 0.1) is 0 Å². The van der Waals surface area contributed by atoms with Gasteiger partial charge in [0.25, 0.3) is 0 Å². The summed E-state index contributed by atoms with van der Waals surface area (Å²) in [5.41, 5.74) is 8.25. The Morgan fingerprint density at radius 2 is 2.00 bits per heavy atom. The summed E-state index contributed by atoms with van der Waals surface area (Å²) in [6.45, 7) is 0. The van der Waals surface area contributed by atoms with Gasteiger partial charge in [0.15, 0.2) is 5.76 Å². The number of nitrogens with zero attached hydrogens (tertiary/aromatic N) is 1. The zero-order valence-electron chi connectivity index (χ0n) is 8.85. The zero-order valence-corrected chi connectivity index (χ0v) is 10.4. The smallest absolute Gasteiger partial charge is 0.174 e. The molecule has 3 rings (SSSR count). The van der Waals surface area contributed by atoms with Gasteiger partial charge >= 0.3 is 0 Å². The molecule has 3 aromatic rings. The fourth-order valence-electron chi connectivity index (χ4n) is 1.80. The van der Waals surface area contributed by atoms with Crippen LogP contribution in [0.2, 0.25) is 0 Å². The number of hydrogen-bond acceptors (Lipinski definition) is 3. The Labute approximate surface area is 106 Å². The number of aromatic nitrogens is 1. The standard InChI is InChI=1S/C13H9BrN2O/c14-9-4-5-11-12(7-9)16-17-13(11)8-2-1-3-10(15)6-8/h1-7H,15H2. The number of hydrogen-bond donors (Lipinski definition) is 1. The Morgan fingerprint density at radius 1 is 1.12 bits per heavy atom. The number of nitrogens with two attached hydrogens (primary N) is 1. The maximum absolute atomic E-state index is 5.76. The van der Waals surface area contributed by atoms with E-state index in [9.17, 15) is 0 Å². The lowest BCUT2D eigenvalue weighted by Crippen LogP contribution is -1.84. The highest BCUT2D eigenvalue weighted by atomic mass is 79.9. The monoisotopic (exact) mass is 288 g/mol. The molecule has 0 bridgehead atoms. The van der Waals surface area contributed by atoms with Crippen molar-refractivity contribution >= 4 is 32.5 Å². The molecule has 0 unspecified atom stereocenters. The van der Waals surface area contributed by atoms with Gasteiger partial charge in [-0.25, -0.2) is 0 Å². The van der Waals surface area contributed by atoms with Gasteiger partial charge in [-0.15, -0.1) is 0 Å². The van der Waals surface area contributed by atoms with E-state index in [1.54, 1.807) is 0 Å². The van der Waals surface area contributed by atoms with Crippen LogP contribution in [0.3, 0.4) is 0 Å². The topological polar surface area (TPSA) is 52.0 Å². The minimum Gasteiger partial charge on any atom is -0.399 e. The number of halogens is 1. The Bertz CT molecular complexity index is 691. The van der Waals surface area contributed by atoms with E-state index in [4.69, 9.17) is 10.3 Å². The molecule has 4 heteroatoms. The molecular weight excluding hydrogens is 280 g/mol. The van der Waals surface area contributed by atoms with Crippen LogP contribution in [-0.2, 0) is 0 Å². The lowest BCUT2D eigenvalue weighted by Gasteiger charge is -1.98. The normalized spacial score (nSPS) is 10.9. The first kappa shape index (κ1) is 10.4. The average Bonchev–Trinajstić information content (AvgIpc) is 2.71. The molecule has 0 radical (unpaired) electrons. The van der Waals surface area contributed by atoms with Gasteiger partial charge in [-0.05, 0) is 30.3 Å². The Kier molecular flexibility index (Phi) is 2.37. The summed E-state index contributed by atoms with van der Waals surface area (Å²) in [6, 6.07) is 13.5. The molecular formula is C13H9BrN2O. The van der Waals surface area contributed by atoms with Gasteiger partial charge in [-0.2, -0.15) is 0 Å². The van der Waals surface area contributed by atoms with Crippen LogP contribution < -0.4 is 5.73 Å². The lowest BCUT2D eigenvalue weighted by molar-refractivity contribution is 0.441. The number of fused-ring (bicyclic) bond motifs is 1. The molecule has 1 heterocycles. The molecule has 0 amide bonds. The molecule has 0 aliphatic heterocycles. The predicted octanol–water partition coefficient (Wildman–Crippen LogP) is 3.84. The maximum Gasteiger partial charge on any atom is 0.174 e. The molecule has 2 aromatic carbocycles. The van der Waals surface area contributed by atoms with Gasteiger partial charge in [-0.1, -0.05) is 33.2 Å². The van der Waals surface area contributed by atoms with Gasteiger partial charge in [0, 0.05) is 21.1 Å². The minimum absolute atomic E-state index is 0.712. The summed E-state index contributed by atoms with van der Waals surface area (Å²) in [5, 5.41) is 5.02. The molecule has 0 fully saturated rings. The van der Waals surface area contributed by atoms with Crippen molar-refractivity contribution in [2.75, 3.05) is 5.73 Å². The minimum atomic E-state index is 0.712. The average molecular weight is 289 g/mol. The highest BCUT2D eigenvalue weighted by molar-refractivity contribution is 9.10. The molecule has 84 valence electrons. The van der Waals surface area contributed by atoms with E-state index >= 15 is 0 Å². The first-order valence-corrected chi connectivity index (χ1v) is 5.94. The van der Waals surface area contributed by atoms with E-state index in [2.05, 4.69) is 21.1 Å². The quantitative estimate of drug-likeness (QED) is 0.692.